The van der Waals surface area contributed by atoms with Crippen LogP contribution in [-0.2, 0) is 22.1 Å². The van der Waals surface area contributed by atoms with E-state index in [1.165, 1.54) is 10.1 Å². The maximum atomic E-state index is 14.8. The molecular weight excluding hydrogens is 682 g/mol. The molecule has 266 valence electrons. The van der Waals surface area contributed by atoms with Crippen LogP contribution >= 0.6 is 0 Å². The summed E-state index contributed by atoms with van der Waals surface area (Å²) in [4.78, 5) is 33.9. The van der Waals surface area contributed by atoms with E-state index in [1.54, 1.807) is 78.1 Å². The maximum absolute atomic E-state index is 14.8. The average molecular weight is 720 g/mol. The van der Waals surface area contributed by atoms with Crippen LogP contribution < -0.4 is 10.4 Å². The number of amides is 1. The van der Waals surface area contributed by atoms with Crippen LogP contribution in [0.25, 0.3) is 28.1 Å². The van der Waals surface area contributed by atoms with Crippen LogP contribution in [-0.4, -0.2) is 64.4 Å². The van der Waals surface area contributed by atoms with Crippen molar-refractivity contribution in [2.45, 2.75) is 57.5 Å². The lowest BCUT2D eigenvalue weighted by Crippen LogP contribution is -2.57. The highest BCUT2D eigenvalue weighted by molar-refractivity contribution is 7.85. The van der Waals surface area contributed by atoms with Gasteiger partial charge in [0.05, 0.1) is 23.1 Å². The van der Waals surface area contributed by atoms with Crippen molar-refractivity contribution in [3.05, 3.63) is 123 Å². The summed E-state index contributed by atoms with van der Waals surface area (Å²) in [5.41, 5.74) is 6.91. The van der Waals surface area contributed by atoms with Gasteiger partial charge in [-0.15, -0.1) is 0 Å². The summed E-state index contributed by atoms with van der Waals surface area (Å²) in [5.74, 6) is 0.608. The largest absolute Gasteiger partial charge is 0.381 e. The fourth-order valence-corrected chi connectivity index (χ4v) is 8.73. The molecule has 3 aromatic heterocycles. The Bertz CT molecular complexity index is 2450. The molecule has 3 unspecified atom stereocenters. The third-order valence-corrected chi connectivity index (χ3v) is 11.4. The van der Waals surface area contributed by atoms with Gasteiger partial charge in [-0.05, 0) is 110 Å². The van der Waals surface area contributed by atoms with E-state index in [4.69, 9.17) is 9.84 Å². The predicted octanol–water partition coefficient (Wildman–Crippen LogP) is 6.16. The Hall–Kier alpha value is -5.27. The zero-order valence-corrected chi connectivity index (χ0v) is 29.9. The first-order valence-corrected chi connectivity index (χ1v) is 19.1. The molecule has 0 radical (unpaired) electrons. The summed E-state index contributed by atoms with van der Waals surface area (Å²) in [6, 6.07) is 18.6. The molecule has 5 heterocycles. The number of aryl methyl sites for hydroxylation is 2. The Balaban J connectivity index is 1.11. The fourth-order valence-electron chi connectivity index (χ4n) is 8.27. The van der Waals surface area contributed by atoms with Crippen LogP contribution in [0.3, 0.4) is 0 Å². The highest BCUT2D eigenvalue weighted by Gasteiger charge is 2.51. The zero-order chi connectivity index (χ0) is 35.8. The maximum Gasteiger partial charge on any atom is 0.338 e. The van der Waals surface area contributed by atoms with E-state index in [1.807, 2.05) is 11.0 Å². The number of benzene rings is 3. The topological polar surface area (TPSA) is 119 Å². The van der Waals surface area contributed by atoms with Crippen LogP contribution in [0.15, 0.2) is 77.9 Å². The van der Waals surface area contributed by atoms with Crippen molar-refractivity contribution >= 4 is 33.5 Å². The second-order valence-corrected chi connectivity index (χ2v) is 15.3. The molecule has 11 nitrogen and oxygen atoms in total. The van der Waals surface area contributed by atoms with Gasteiger partial charge in [-0.2, -0.15) is 5.10 Å². The van der Waals surface area contributed by atoms with E-state index in [0.29, 0.717) is 52.0 Å². The van der Waals surface area contributed by atoms with Crippen LogP contribution in [0, 0.1) is 19.7 Å². The minimum Gasteiger partial charge on any atom is -0.381 e. The van der Waals surface area contributed by atoms with Gasteiger partial charge in [-0.3, -0.25) is 13.9 Å². The predicted molar refractivity (Wildman–Crippen MR) is 198 cm³/mol. The van der Waals surface area contributed by atoms with Crippen molar-refractivity contribution < 1.29 is 18.1 Å². The van der Waals surface area contributed by atoms with Gasteiger partial charge < -0.3 is 19.3 Å². The molecule has 0 saturated carbocycles. The molecule has 1 aliphatic carbocycles. The summed E-state index contributed by atoms with van der Waals surface area (Å²) in [6.07, 6.45) is 8.22. The van der Waals surface area contributed by atoms with Gasteiger partial charge in [0.15, 0.2) is 0 Å². The molecular formula is C39H38FN7O4S. The normalized spacial score (nSPS) is 19.0. The van der Waals surface area contributed by atoms with E-state index < -0.39 is 11.0 Å². The Labute approximate surface area is 301 Å². The second kappa shape index (κ2) is 12.4. The number of imidazole rings is 1. The van der Waals surface area contributed by atoms with E-state index in [0.717, 1.165) is 54.6 Å². The van der Waals surface area contributed by atoms with Crippen molar-refractivity contribution in [3.8, 4) is 17.2 Å². The van der Waals surface area contributed by atoms with Gasteiger partial charge in [-0.1, -0.05) is 6.07 Å². The molecule has 3 aromatic carbocycles. The van der Waals surface area contributed by atoms with Crippen LogP contribution in [0.2, 0.25) is 0 Å². The third kappa shape index (κ3) is 5.33. The number of likely N-dealkylation sites (tertiary alicyclic amines) is 1. The molecule has 2 fully saturated rings. The lowest BCUT2D eigenvalue weighted by Gasteiger charge is -2.52. The Morgan fingerprint density at radius 1 is 0.981 bits per heavy atom. The number of carbonyl (C=O) groups excluding carboxylic acids is 1. The van der Waals surface area contributed by atoms with Crippen molar-refractivity contribution in [2.24, 2.45) is 0 Å². The average Bonchev–Trinajstić information content (AvgIpc) is 3.85. The van der Waals surface area contributed by atoms with Crippen molar-refractivity contribution in [1.29, 1.82) is 0 Å². The molecule has 2 saturated heterocycles. The number of rotatable bonds is 7. The molecule has 0 spiro atoms. The molecule has 3 aliphatic rings. The van der Waals surface area contributed by atoms with E-state index >= 15 is 0 Å². The van der Waals surface area contributed by atoms with E-state index in [9.17, 15) is 18.2 Å². The van der Waals surface area contributed by atoms with E-state index in [-0.39, 0.29) is 29.5 Å². The second-order valence-electron chi connectivity index (χ2n) is 14.2. The number of carbonyl (C=O) groups is 1. The van der Waals surface area contributed by atoms with Crippen molar-refractivity contribution in [3.63, 3.8) is 0 Å². The van der Waals surface area contributed by atoms with Crippen LogP contribution in [0.1, 0.15) is 69.7 Å². The van der Waals surface area contributed by atoms with Gasteiger partial charge in [0, 0.05) is 66.5 Å². The standard InChI is InChI=1S/C39H38FN7O4S/c1-22-16-30(17-23(2)36(22)40)47-37(45-13-12-44(39(45)49)28-7-5-27(6-8-28)43-52(3)50)35-32(42-47)20-29-21-34(35)46(29)38(48)33-19-26-18-25(4-9-31(26)41-33)24-10-14-51-15-11-24/h4-9,12-13,16-19,24,29,34,41,43H,10-11,14-15,20-21H2,1-3H3. The molecule has 2 N–H and O–H groups in total. The molecule has 2 bridgehead atoms. The quantitative estimate of drug-likeness (QED) is 0.205. The molecule has 9 rings (SSSR count). The monoisotopic (exact) mass is 719 g/mol. The first-order valence-electron chi connectivity index (χ1n) is 17.6. The molecule has 2 aliphatic heterocycles. The van der Waals surface area contributed by atoms with Gasteiger partial charge in [0.25, 0.3) is 5.91 Å². The number of aromatic nitrogens is 5. The molecule has 13 heteroatoms. The number of nitrogens with one attached hydrogen (secondary N) is 2. The first kappa shape index (κ1) is 32.6. The van der Waals surface area contributed by atoms with Crippen molar-refractivity contribution in [1.82, 2.24) is 28.8 Å². The number of fused-ring (bicyclic) bond motifs is 5. The number of nitrogens with zero attached hydrogens (tertiary/aromatic N) is 5. The Kier molecular flexibility index (Phi) is 7.81. The minimum absolute atomic E-state index is 0.0343. The molecule has 52 heavy (non-hydrogen) atoms. The Morgan fingerprint density at radius 3 is 2.44 bits per heavy atom. The lowest BCUT2D eigenvalue weighted by atomic mass is 9.77. The molecule has 3 atom stereocenters. The van der Waals surface area contributed by atoms with Crippen LogP contribution in [0.4, 0.5) is 10.1 Å². The zero-order valence-electron chi connectivity index (χ0n) is 29.1. The van der Waals surface area contributed by atoms with Gasteiger partial charge in [0.1, 0.15) is 28.3 Å². The highest BCUT2D eigenvalue weighted by atomic mass is 32.2. The van der Waals surface area contributed by atoms with Crippen LogP contribution in [0.5, 0.6) is 0 Å². The lowest BCUT2D eigenvalue weighted by molar-refractivity contribution is 0.00577. The summed E-state index contributed by atoms with van der Waals surface area (Å²) >= 11 is 0. The number of H-pyrrole nitrogens is 1. The number of halogens is 1. The SMILES string of the molecule is Cc1cc(-n2nc3c(c2-n2ccn(-c4ccc(NS(C)=O)cc4)c2=O)C2CC(C3)N2C(=O)c2cc3cc(C4CCOCC4)ccc3[nH]2)cc(C)c1F. The van der Waals surface area contributed by atoms with Gasteiger partial charge in [-0.25, -0.2) is 18.1 Å². The number of hydrogen-bond donors (Lipinski definition) is 2. The number of ether oxygens (including phenoxy) is 1. The smallest absolute Gasteiger partial charge is 0.338 e. The minimum atomic E-state index is -1.23. The fraction of sp³-hybridized carbons (Fsp3) is 0.308. The summed E-state index contributed by atoms with van der Waals surface area (Å²) < 4.78 is 39.7. The van der Waals surface area contributed by atoms with E-state index in [2.05, 4.69) is 27.9 Å². The third-order valence-electron chi connectivity index (χ3n) is 10.8. The molecule has 6 aromatic rings. The van der Waals surface area contributed by atoms with Gasteiger partial charge in [0.2, 0.25) is 0 Å². The number of anilines is 1. The number of aromatic amines is 1. The Morgan fingerprint density at radius 2 is 1.71 bits per heavy atom. The molecule has 1 amide bonds. The number of hydrogen-bond acceptors (Lipinski definition) is 5. The first-order chi connectivity index (χ1) is 25.1. The summed E-state index contributed by atoms with van der Waals surface area (Å²) in [7, 11) is -1.23. The highest BCUT2D eigenvalue weighted by Crippen LogP contribution is 2.50. The summed E-state index contributed by atoms with van der Waals surface area (Å²) in [6.45, 7) is 4.97. The van der Waals surface area contributed by atoms with Gasteiger partial charge >= 0.3 is 5.69 Å². The summed E-state index contributed by atoms with van der Waals surface area (Å²) in [5, 5.41) is 6.05. The van der Waals surface area contributed by atoms with Crippen molar-refractivity contribution in [2.75, 3.05) is 24.2 Å².